The van der Waals surface area contributed by atoms with Crippen molar-refractivity contribution in [3.05, 3.63) is 35.9 Å². The molecule has 0 bridgehead atoms. The van der Waals surface area contributed by atoms with Crippen molar-refractivity contribution in [3.8, 4) is 0 Å². The molecule has 4 nitrogen and oxygen atoms in total. The number of ether oxygens (including phenoxy) is 1. The summed E-state index contributed by atoms with van der Waals surface area (Å²) in [7, 11) is 0. The number of hydrogen-bond acceptors (Lipinski definition) is 3. The smallest absolute Gasteiger partial charge is 0.308 e. The van der Waals surface area contributed by atoms with E-state index in [2.05, 4.69) is 17.0 Å². The van der Waals surface area contributed by atoms with Gasteiger partial charge >= 0.3 is 5.97 Å². The molecule has 0 saturated carbocycles. The fourth-order valence-corrected chi connectivity index (χ4v) is 3.40. The van der Waals surface area contributed by atoms with Crippen molar-refractivity contribution in [2.24, 2.45) is 11.3 Å². The van der Waals surface area contributed by atoms with E-state index < -0.39 is 5.97 Å². The molecule has 2 unspecified atom stereocenters. The third-order valence-electron chi connectivity index (χ3n) is 4.40. The maximum absolute atomic E-state index is 11.5. The number of nitrogens with zero attached hydrogens (tertiary/aromatic N) is 1. The predicted molar refractivity (Wildman–Crippen MR) is 78.0 cm³/mol. The summed E-state index contributed by atoms with van der Waals surface area (Å²) >= 11 is 0. The molecule has 2 atom stereocenters. The van der Waals surface area contributed by atoms with Gasteiger partial charge in [-0.1, -0.05) is 30.3 Å². The van der Waals surface area contributed by atoms with E-state index in [0.717, 1.165) is 19.5 Å². The number of rotatable bonds is 3. The van der Waals surface area contributed by atoms with E-state index in [-0.39, 0.29) is 23.7 Å². The van der Waals surface area contributed by atoms with E-state index in [1.807, 2.05) is 18.2 Å². The molecule has 2 fully saturated rings. The molecule has 2 heterocycles. The molecule has 1 aromatic carbocycles. The van der Waals surface area contributed by atoms with Crippen molar-refractivity contribution < 1.29 is 14.6 Å². The van der Waals surface area contributed by atoms with E-state index in [9.17, 15) is 9.90 Å². The Kier molecular flexibility index (Phi) is 4.68. The zero-order chi connectivity index (χ0) is 13.3. The van der Waals surface area contributed by atoms with E-state index in [0.29, 0.717) is 19.8 Å². The highest BCUT2D eigenvalue weighted by Gasteiger charge is 2.52. The highest BCUT2D eigenvalue weighted by atomic mass is 35.5. The summed E-state index contributed by atoms with van der Waals surface area (Å²) in [6.45, 7) is 3.58. The number of halogens is 1. The second kappa shape index (κ2) is 6.12. The monoisotopic (exact) mass is 297 g/mol. The van der Waals surface area contributed by atoms with Crippen LogP contribution in [0.3, 0.4) is 0 Å². The summed E-state index contributed by atoms with van der Waals surface area (Å²) in [6.07, 6.45) is 0.870. The second-order valence-electron chi connectivity index (χ2n) is 5.71. The second-order valence-corrected chi connectivity index (χ2v) is 5.71. The quantitative estimate of drug-likeness (QED) is 0.927. The molecule has 1 spiro atoms. The average Bonchev–Trinajstić information content (AvgIpc) is 2.99. The lowest BCUT2D eigenvalue weighted by Gasteiger charge is -2.25. The van der Waals surface area contributed by atoms with Crippen LogP contribution in [0.25, 0.3) is 0 Å². The lowest BCUT2D eigenvalue weighted by Crippen LogP contribution is -2.35. The van der Waals surface area contributed by atoms with Gasteiger partial charge in [-0.25, -0.2) is 0 Å². The summed E-state index contributed by atoms with van der Waals surface area (Å²) in [4.78, 5) is 13.7. The van der Waals surface area contributed by atoms with Gasteiger partial charge < -0.3 is 9.84 Å². The molecule has 3 rings (SSSR count). The van der Waals surface area contributed by atoms with Gasteiger partial charge in [0.2, 0.25) is 0 Å². The Morgan fingerprint density at radius 3 is 2.75 bits per heavy atom. The number of carboxylic acids is 1. The first-order valence-electron chi connectivity index (χ1n) is 6.76. The van der Waals surface area contributed by atoms with Crippen LogP contribution in [0.15, 0.2) is 30.3 Å². The minimum atomic E-state index is -0.680. The largest absolute Gasteiger partial charge is 0.481 e. The normalized spacial score (nSPS) is 29.5. The van der Waals surface area contributed by atoms with E-state index >= 15 is 0 Å². The van der Waals surface area contributed by atoms with Crippen LogP contribution in [0.1, 0.15) is 12.0 Å². The van der Waals surface area contributed by atoms with Crippen molar-refractivity contribution in [1.82, 2.24) is 4.90 Å². The maximum atomic E-state index is 11.5. The molecule has 0 aliphatic carbocycles. The summed E-state index contributed by atoms with van der Waals surface area (Å²) in [5.74, 6) is -0.972. The molecule has 1 aromatic rings. The highest BCUT2D eigenvalue weighted by Crippen LogP contribution is 2.43. The summed E-state index contributed by atoms with van der Waals surface area (Å²) in [5, 5.41) is 9.44. The van der Waals surface area contributed by atoms with Gasteiger partial charge in [0.1, 0.15) is 0 Å². The van der Waals surface area contributed by atoms with Crippen LogP contribution in [0.4, 0.5) is 0 Å². The molecule has 1 N–H and O–H groups in total. The molecular weight excluding hydrogens is 278 g/mol. The van der Waals surface area contributed by atoms with Crippen LogP contribution in [-0.4, -0.2) is 42.3 Å². The molecule has 0 aromatic heterocycles. The van der Waals surface area contributed by atoms with Crippen molar-refractivity contribution in [3.63, 3.8) is 0 Å². The number of carboxylic acid groups (broad SMARTS) is 1. The first-order chi connectivity index (χ1) is 9.20. The maximum Gasteiger partial charge on any atom is 0.308 e. The van der Waals surface area contributed by atoms with Crippen LogP contribution in [0, 0.1) is 11.3 Å². The molecular formula is C15H20ClNO3. The molecule has 5 heteroatoms. The Balaban J connectivity index is 0.00000147. The lowest BCUT2D eigenvalue weighted by molar-refractivity contribution is -0.144. The Bertz CT molecular complexity index is 459. The predicted octanol–water partition coefficient (Wildman–Crippen LogP) is 2.03. The van der Waals surface area contributed by atoms with Gasteiger partial charge in [-0.05, 0) is 12.0 Å². The highest BCUT2D eigenvalue weighted by molar-refractivity contribution is 5.85. The molecule has 2 aliphatic heterocycles. The van der Waals surface area contributed by atoms with Gasteiger partial charge in [-0.3, -0.25) is 9.69 Å². The first-order valence-corrected chi connectivity index (χ1v) is 6.76. The Morgan fingerprint density at radius 2 is 2.15 bits per heavy atom. The fourth-order valence-electron chi connectivity index (χ4n) is 3.40. The van der Waals surface area contributed by atoms with Crippen LogP contribution in [0.2, 0.25) is 0 Å². The molecule has 110 valence electrons. The molecule has 2 aliphatic rings. The summed E-state index contributed by atoms with van der Waals surface area (Å²) < 4.78 is 5.47. The van der Waals surface area contributed by atoms with Crippen molar-refractivity contribution >= 4 is 18.4 Å². The number of benzene rings is 1. The molecule has 20 heavy (non-hydrogen) atoms. The van der Waals surface area contributed by atoms with Crippen molar-refractivity contribution in [2.75, 3.05) is 26.3 Å². The van der Waals surface area contributed by atoms with Gasteiger partial charge in [-0.2, -0.15) is 0 Å². The van der Waals surface area contributed by atoms with E-state index in [1.54, 1.807) is 0 Å². The minimum Gasteiger partial charge on any atom is -0.481 e. The van der Waals surface area contributed by atoms with Crippen LogP contribution in [-0.2, 0) is 16.1 Å². The van der Waals surface area contributed by atoms with E-state index in [4.69, 9.17) is 4.74 Å². The fraction of sp³-hybridized carbons (Fsp3) is 0.533. The minimum absolute atomic E-state index is 0. The van der Waals surface area contributed by atoms with Crippen LogP contribution >= 0.6 is 12.4 Å². The van der Waals surface area contributed by atoms with Gasteiger partial charge in [0.25, 0.3) is 0 Å². The summed E-state index contributed by atoms with van der Waals surface area (Å²) in [5.41, 5.74) is 1.07. The van der Waals surface area contributed by atoms with Crippen LogP contribution < -0.4 is 0 Å². The standard InChI is InChI=1S/C15H19NO3.ClH/c17-14(18)13-9-16(8-12-4-2-1-3-5-12)10-15(13)6-7-19-11-15;/h1-5,13H,6-11H2,(H,17,18);1H. The van der Waals surface area contributed by atoms with Crippen molar-refractivity contribution in [2.45, 2.75) is 13.0 Å². The number of carbonyl (C=O) groups is 1. The topological polar surface area (TPSA) is 49.8 Å². The zero-order valence-electron chi connectivity index (χ0n) is 11.3. The molecule has 2 saturated heterocycles. The number of hydrogen-bond donors (Lipinski definition) is 1. The Hall–Kier alpha value is -1.10. The SMILES string of the molecule is Cl.O=C(O)C1CN(Cc2ccccc2)CC12CCOC2. The number of likely N-dealkylation sites (tertiary alicyclic amines) is 1. The van der Waals surface area contributed by atoms with Gasteiger partial charge in [0.05, 0.1) is 12.5 Å². The summed E-state index contributed by atoms with van der Waals surface area (Å²) in [6, 6.07) is 10.2. The zero-order valence-corrected chi connectivity index (χ0v) is 12.1. The van der Waals surface area contributed by atoms with Gasteiger partial charge in [0.15, 0.2) is 0 Å². The third-order valence-corrected chi connectivity index (χ3v) is 4.40. The molecule has 0 amide bonds. The lowest BCUT2D eigenvalue weighted by atomic mass is 9.77. The third kappa shape index (κ3) is 2.82. The first kappa shape index (κ1) is 15.3. The van der Waals surface area contributed by atoms with Gasteiger partial charge in [-0.15, -0.1) is 12.4 Å². The average molecular weight is 298 g/mol. The Morgan fingerprint density at radius 1 is 1.40 bits per heavy atom. The number of aliphatic carboxylic acids is 1. The Labute approximate surface area is 125 Å². The molecule has 0 radical (unpaired) electrons. The van der Waals surface area contributed by atoms with Gasteiger partial charge in [0, 0.05) is 31.7 Å². The van der Waals surface area contributed by atoms with Crippen molar-refractivity contribution in [1.29, 1.82) is 0 Å². The van der Waals surface area contributed by atoms with Crippen LogP contribution in [0.5, 0.6) is 0 Å². The van der Waals surface area contributed by atoms with E-state index in [1.165, 1.54) is 5.56 Å².